The van der Waals surface area contributed by atoms with E-state index in [1.165, 1.54) is 7.11 Å². The van der Waals surface area contributed by atoms with Crippen molar-refractivity contribution in [3.8, 4) is 0 Å². The molecule has 0 radical (unpaired) electrons. The number of hydrogen-bond acceptors (Lipinski definition) is 4. The van der Waals surface area contributed by atoms with Crippen molar-refractivity contribution in [1.29, 1.82) is 0 Å². The number of carbonyl (C=O) groups is 2. The van der Waals surface area contributed by atoms with E-state index in [9.17, 15) is 9.59 Å². The van der Waals surface area contributed by atoms with Gasteiger partial charge in [-0.25, -0.2) is 4.79 Å². The highest BCUT2D eigenvalue weighted by atomic mass is 16.5. The zero-order chi connectivity index (χ0) is 19.6. The monoisotopic (exact) mass is 367 g/mol. The maximum Gasteiger partial charge on any atom is 0.354 e. The average molecular weight is 367 g/mol. The number of methoxy groups -OCH3 is 1. The fourth-order valence-electron chi connectivity index (χ4n) is 2.42. The van der Waals surface area contributed by atoms with Crippen LogP contribution in [0.25, 0.3) is 0 Å². The molecule has 0 bridgehead atoms. The van der Waals surface area contributed by atoms with Gasteiger partial charge in [0.1, 0.15) is 5.70 Å². The van der Waals surface area contributed by atoms with Crippen molar-refractivity contribution < 1.29 is 19.1 Å². The quantitative estimate of drug-likeness (QED) is 0.571. The maximum atomic E-state index is 12.4. The summed E-state index contributed by atoms with van der Waals surface area (Å²) in [6.07, 6.45) is 1.25. The third-order valence-corrected chi connectivity index (χ3v) is 3.96. The van der Waals surface area contributed by atoms with Crippen LogP contribution in [0.2, 0.25) is 0 Å². The molecule has 1 amide bonds. The minimum Gasteiger partial charge on any atom is -0.464 e. The Hall–Kier alpha value is -2.92. The molecule has 0 saturated carbocycles. The van der Waals surface area contributed by atoms with Crippen LogP contribution >= 0.6 is 0 Å². The minimum atomic E-state index is -0.617. The van der Waals surface area contributed by atoms with Crippen molar-refractivity contribution in [2.45, 2.75) is 26.6 Å². The molecular formula is C22H25NO4. The van der Waals surface area contributed by atoms with E-state index in [1.807, 2.05) is 50.2 Å². The summed E-state index contributed by atoms with van der Waals surface area (Å²) < 4.78 is 10.8. The fourth-order valence-corrected chi connectivity index (χ4v) is 2.42. The molecule has 0 unspecified atom stereocenters. The van der Waals surface area contributed by atoms with E-state index in [2.05, 4.69) is 5.32 Å². The molecule has 142 valence electrons. The summed E-state index contributed by atoms with van der Waals surface area (Å²) in [4.78, 5) is 24.6. The largest absolute Gasteiger partial charge is 0.464 e. The molecule has 1 N–H and O–H groups in total. The van der Waals surface area contributed by atoms with Crippen LogP contribution in [-0.4, -0.2) is 25.1 Å². The third kappa shape index (κ3) is 6.38. The molecular weight excluding hydrogens is 342 g/mol. The van der Waals surface area contributed by atoms with Gasteiger partial charge >= 0.3 is 5.97 Å². The van der Waals surface area contributed by atoms with Gasteiger partial charge in [-0.2, -0.15) is 0 Å². The van der Waals surface area contributed by atoms with Crippen LogP contribution < -0.4 is 5.32 Å². The van der Waals surface area contributed by atoms with Crippen LogP contribution in [0.15, 0.2) is 72.4 Å². The molecule has 0 spiro atoms. The van der Waals surface area contributed by atoms with Crippen molar-refractivity contribution in [1.82, 2.24) is 5.32 Å². The minimum absolute atomic E-state index is 0.0677. The Balaban J connectivity index is 2.16. The number of nitrogens with one attached hydrogen (secondary N) is 1. The molecule has 0 aromatic heterocycles. The molecule has 0 saturated heterocycles. The third-order valence-electron chi connectivity index (χ3n) is 3.96. The van der Waals surface area contributed by atoms with Gasteiger partial charge in [-0.15, -0.1) is 0 Å². The summed E-state index contributed by atoms with van der Waals surface area (Å²) in [5, 5.41) is 2.64. The van der Waals surface area contributed by atoms with Crippen LogP contribution in [0.3, 0.4) is 0 Å². The first-order chi connectivity index (χ1) is 13.0. The number of ether oxygens (including phenoxy) is 2. The molecule has 0 aliphatic rings. The SMILES string of the molecule is COC(=O)/C(=C/[C@@H](OCc1ccccc1)C(C)C)NC(=O)c1ccccc1. The first kappa shape index (κ1) is 20.4. The van der Waals surface area contributed by atoms with E-state index < -0.39 is 5.97 Å². The number of amides is 1. The highest BCUT2D eigenvalue weighted by Gasteiger charge is 2.19. The van der Waals surface area contributed by atoms with Gasteiger partial charge in [-0.3, -0.25) is 4.79 Å². The number of carbonyl (C=O) groups excluding carboxylic acids is 2. The Morgan fingerprint density at radius 2 is 1.59 bits per heavy atom. The van der Waals surface area contributed by atoms with Crippen LogP contribution in [0, 0.1) is 5.92 Å². The maximum absolute atomic E-state index is 12.4. The van der Waals surface area contributed by atoms with Crippen molar-refractivity contribution in [2.75, 3.05) is 7.11 Å². The molecule has 2 aromatic carbocycles. The molecule has 0 heterocycles. The number of benzene rings is 2. The van der Waals surface area contributed by atoms with E-state index in [-0.39, 0.29) is 23.6 Å². The standard InChI is InChI=1S/C22H25NO4/c1-16(2)20(27-15-17-10-6-4-7-11-17)14-19(22(25)26-3)23-21(24)18-12-8-5-9-13-18/h4-14,16,20H,15H2,1-3H3,(H,23,24)/b19-14-/t20-/m1/s1. The van der Waals surface area contributed by atoms with Gasteiger partial charge in [0, 0.05) is 5.56 Å². The van der Waals surface area contributed by atoms with Crippen LogP contribution in [0.5, 0.6) is 0 Å². The Labute approximate surface area is 160 Å². The molecule has 0 aliphatic heterocycles. The van der Waals surface area contributed by atoms with E-state index >= 15 is 0 Å². The lowest BCUT2D eigenvalue weighted by molar-refractivity contribution is -0.136. The average Bonchev–Trinajstić information content (AvgIpc) is 2.70. The van der Waals surface area contributed by atoms with E-state index in [0.29, 0.717) is 12.2 Å². The molecule has 5 nitrogen and oxygen atoms in total. The lowest BCUT2D eigenvalue weighted by Gasteiger charge is -2.20. The fraction of sp³-hybridized carbons (Fsp3) is 0.273. The normalized spacial score (nSPS) is 12.5. The predicted octanol–water partition coefficient (Wildman–Crippen LogP) is 3.71. The Morgan fingerprint density at radius 1 is 1.00 bits per heavy atom. The van der Waals surface area contributed by atoms with Gasteiger partial charge in [-0.05, 0) is 29.7 Å². The van der Waals surface area contributed by atoms with Crippen LogP contribution in [-0.2, 0) is 20.9 Å². The molecule has 0 aliphatic carbocycles. The van der Waals surface area contributed by atoms with Gasteiger partial charge in [0.15, 0.2) is 0 Å². The second-order valence-electron chi connectivity index (χ2n) is 6.40. The zero-order valence-corrected chi connectivity index (χ0v) is 15.8. The first-order valence-corrected chi connectivity index (χ1v) is 8.83. The Morgan fingerprint density at radius 3 is 2.15 bits per heavy atom. The van der Waals surface area contributed by atoms with E-state index in [1.54, 1.807) is 30.3 Å². The van der Waals surface area contributed by atoms with Crippen LogP contribution in [0.4, 0.5) is 0 Å². The summed E-state index contributed by atoms with van der Waals surface area (Å²) in [6, 6.07) is 18.5. The summed E-state index contributed by atoms with van der Waals surface area (Å²) in [7, 11) is 1.28. The summed E-state index contributed by atoms with van der Waals surface area (Å²) in [6.45, 7) is 4.38. The van der Waals surface area contributed by atoms with E-state index in [4.69, 9.17) is 9.47 Å². The highest BCUT2D eigenvalue weighted by molar-refractivity contribution is 6.01. The topological polar surface area (TPSA) is 64.6 Å². The van der Waals surface area contributed by atoms with Gasteiger partial charge in [-0.1, -0.05) is 62.4 Å². The molecule has 2 aromatic rings. The number of hydrogen-bond donors (Lipinski definition) is 1. The number of rotatable bonds is 8. The Bertz CT molecular complexity index is 769. The summed E-state index contributed by atoms with van der Waals surface area (Å²) in [5.41, 5.74) is 1.56. The second kappa shape index (κ2) is 10.3. The molecule has 2 rings (SSSR count). The van der Waals surface area contributed by atoms with Crippen LogP contribution in [0.1, 0.15) is 29.8 Å². The first-order valence-electron chi connectivity index (χ1n) is 8.83. The van der Waals surface area contributed by atoms with Crippen molar-refractivity contribution in [2.24, 2.45) is 5.92 Å². The molecule has 5 heteroatoms. The number of esters is 1. The Kier molecular flexibility index (Phi) is 7.77. The van der Waals surface area contributed by atoms with E-state index in [0.717, 1.165) is 5.56 Å². The van der Waals surface area contributed by atoms with Gasteiger partial charge in [0.05, 0.1) is 19.8 Å². The van der Waals surface area contributed by atoms with Crippen molar-refractivity contribution in [3.05, 3.63) is 83.6 Å². The lowest BCUT2D eigenvalue weighted by atomic mass is 10.1. The molecule has 1 atom stereocenters. The summed E-state index contributed by atoms with van der Waals surface area (Å²) >= 11 is 0. The molecule has 0 fully saturated rings. The summed E-state index contributed by atoms with van der Waals surface area (Å²) in [5.74, 6) is -0.895. The van der Waals surface area contributed by atoms with Crippen molar-refractivity contribution in [3.63, 3.8) is 0 Å². The highest BCUT2D eigenvalue weighted by Crippen LogP contribution is 2.14. The second-order valence-corrected chi connectivity index (χ2v) is 6.40. The predicted molar refractivity (Wildman–Crippen MR) is 104 cm³/mol. The van der Waals surface area contributed by atoms with Gasteiger partial charge in [0.2, 0.25) is 0 Å². The van der Waals surface area contributed by atoms with Gasteiger partial charge in [0.25, 0.3) is 5.91 Å². The zero-order valence-electron chi connectivity index (χ0n) is 15.8. The van der Waals surface area contributed by atoms with Gasteiger partial charge < -0.3 is 14.8 Å². The molecule has 27 heavy (non-hydrogen) atoms. The smallest absolute Gasteiger partial charge is 0.354 e. The van der Waals surface area contributed by atoms with Crippen molar-refractivity contribution >= 4 is 11.9 Å². The lowest BCUT2D eigenvalue weighted by Crippen LogP contribution is -2.30.